The molecule has 1 aromatic heterocycles. The summed E-state index contributed by atoms with van der Waals surface area (Å²) in [6.07, 6.45) is 0. The fraction of sp³-hybridized carbons (Fsp3) is 0. The van der Waals surface area contributed by atoms with Crippen molar-refractivity contribution in [1.29, 1.82) is 0 Å². The quantitative estimate of drug-likeness (QED) is 0.500. The average Bonchev–Trinajstić information content (AvgIpc) is 3.10. The van der Waals surface area contributed by atoms with Crippen LogP contribution in [0.2, 0.25) is 0 Å². The molecular weight excluding hydrogens is 378 g/mol. The number of rotatable bonds is 4. The van der Waals surface area contributed by atoms with Crippen molar-refractivity contribution in [2.75, 3.05) is 10.6 Å². The number of halogens is 2. The van der Waals surface area contributed by atoms with Gasteiger partial charge in [-0.25, -0.2) is 8.78 Å². The molecule has 4 aromatic rings. The van der Waals surface area contributed by atoms with Gasteiger partial charge in [-0.05, 0) is 36.4 Å². The highest BCUT2D eigenvalue weighted by Gasteiger charge is 2.23. The van der Waals surface area contributed by atoms with Gasteiger partial charge in [-0.15, -0.1) is 0 Å². The lowest BCUT2D eigenvalue weighted by Crippen LogP contribution is -2.17. The first-order chi connectivity index (χ1) is 14.0. The third-order valence-corrected chi connectivity index (χ3v) is 4.25. The molecule has 3 aromatic carbocycles. The van der Waals surface area contributed by atoms with Crippen molar-refractivity contribution >= 4 is 34.2 Å². The largest absolute Gasteiger partial charge is 0.449 e. The number of anilines is 2. The monoisotopic (exact) mass is 392 g/mol. The van der Waals surface area contributed by atoms with Crippen LogP contribution in [0.5, 0.6) is 0 Å². The molecule has 0 aliphatic carbocycles. The van der Waals surface area contributed by atoms with Gasteiger partial charge < -0.3 is 15.1 Å². The molecule has 7 heteroatoms. The molecule has 0 spiro atoms. The Morgan fingerprint density at radius 2 is 1.48 bits per heavy atom. The summed E-state index contributed by atoms with van der Waals surface area (Å²) < 4.78 is 32.2. The van der Waals surface area contributed by atoms with E-state index < -0.39 is 23.4 Å². The third-order valence-electron chi connectivity index (χ3n) is 4.25. The highest BCUT2D eigenvalue weighted by molar-refractivity contribution is 6.16. The van der Waals surface area contributed by atoms with E-state index in [1.54, 1.807) is 54.6 Å². The van der Waals surface area contributed by atoms with Gasteiger partial charge in [-0.2, -0.15) is 0 Å². The van der Waals surface area contributed by atoms with E-state index in [9.17, 15) is 18.4 Å². The Balaban J connectivity index is 1.70. The average molecular weight is 392 g/mol. The number of furan rings is 1. The fourth-order valence-electron chi connectivity index (χ4n) is 2.87. The van der Waals surface area contributed by atoms with Crippen molar-refractivity contribution in [3.8, 4) is 0 Å². The summed E-state index contributed by atoms with van der Waals surface area (Å²) in [6, 6.07) is 18.3. The molecule has 0 aliphatic rings. The van der Waals surface area contributed by atoms with Crippen LogP contribution in [0.1, 0.15) is 20.9 Å². The zero-order valence-electron chi connectivity index (χ0n) is 14.9. The van der Waals surface area contributed by atoms with Gasteiger partial charge in [0, 0.05) is 22.7 Å². The Bertz CT molecular complexity index is 1220. The van der Waals surface area contributed by atoms with Crippen LogP contribution < -0.4 is 10.6 Å². The lowest BCUT2D eigenvalue weighted by molar-refractivity contribution is 0.0999. The normalized spacial score (nSPS) is 10.7. The van der Waals surface area contributed by atoms with Gasteiger partial charge in [0.15, 0.2) is 11.6 Å². The van der Waals surface area contributed by atoms with E-state index in [4.69, 9.17) is 4.42 Å². The van der Waals surface area contributed by atoms with Crippen molar-refractivity contribution in [2.45, 2.75) is 0 Å². The summed E-state index contributed by atoms with van der Waals surface area (Å²) in [6.45, 7) is 0. The lowest BCUT2D eigenvalue weighted by Gasteiger charge is -2.08. The van der Waals surface area contributed by atoms with Gasteiger partial charge in [-0.1, -0.05) is 30.3 Å². The number of benzene rings is 3. The maximum atomic E-state index is 13.4. The zero-order chi connectivity index (χ0) is 20.4. The Hall–Kier alpha value is -4.00. The number of hydrogen-bond acceptors (Lipinski definition) is 3. The molecule has 4 rings (SSSR count). The van der Waals surface area contributed by atoms with E-state index in [0.717, 1.165) is 12.1 Å². The summed E-state index contributed by atoms with van der Waals surface area (Å²) in [5.41, 5.74) is 1.04. The predicted octanol–water partition coefficient (Wildman–Crippen LogP) is 5.22. The molecule has 0 saturated carbocycles. The molecule has 0 atom stereocenters. The fourth-order valence-corrected chi connectivity index (χ4v) is 2.87. The highest BCUT2D eigenvalue weighted by Crippen LogP contribution is 2.32. The van der Waals surface area contributed by atoms with Crippen molar-refractivity contribution in [2.24, 2.45) is 0 Å². The van der Waals surface area contributed by atoms with E-state index in [1.165, 1.54) is 6.07 Å². The standard InChI is InChI=1S/C22H14F2N2O3/c23-16-11-10-14(12-17(16)24)25-22(28)20-19(15-8-4-5-9-18(15)29-20)26-21(27)13-6-2-1-3-7-13/h1-12H,(H,25,28)(H,26,27). The number of carbonyl (C=O) groups is 2. The van der Waals surface area contributed by atoms with Crippen LogP contribution >= 0.6 is 0 Å². The Morgan fingerprint density at radius 1 is 0.759 bits per heavy atom. The van der Waals surface area contributed by atoms with E-state index in [2.05, 4.69) is 10.6 Å². The minimum Gasteiger partial charge on any atom is -0.449 e. The van der Waals surface area contributed by atoms with Gasteiger partial charge in [0.05, 0.1) is 0 Å². The number of para-hydroxylation sites is 1. The summed E-state index contributed by atoms with van der Waals surface area (Å²) in [4.78, 5) is 25.3. The van der Waals surface area contributed by atoms with Gasteiger partial charge in [0.2, 0.25) is 5.76 Å². The molecule has 0 radical (unpaired) electrons. The lowest BCUT2D eigenvalue weighted by atomic mass is 10.1. The highest BCUT2D eigenvalue weighted by atomic mass is 19.2. The summed E-state index contributed by atoms with van der Waals surface area (Å²) in [7, 11) is 0. The first-order valence-corrected chi connectivity index (χ1v) is 8.67. The number of amides is 2. The van der Waals surface area contributed by atoms with E-state index in [1.807, 2.05) is 0 Å². The molecular formula is C22H14F2N2O3. The van der Waals surface area contributed by atoms with Crippen molar-refractivity contribution in [3.63, 3.8) is 0 Å². The molecule has 0 bridgehead atoms. The topological polar surface area (TPSA) is 71.3 Å². The molecule has 0 unspecified atom stereocenters. The van der Waals surface area contributed by atoms with Crippen LogP contribution in [0.4, 0.5) is 20.2 Å². The molecule has 2 N–H and O–H groups in total. The van der Waals surface area contributed by atoms with E-state index in [-0.39, 0.29) is 17.1 Å². The number of hydrogen-bond donors (Lipinski definition) is 2. The first-order valence-electron chi connectivity index (χ1n) is 8.67. The number of carbonyl (C=O) groups excluding carboxylic acids is 2. The minimum absolute atomic E-state index is 0.0506. The molecule has 5 nitrogen and oxygen atoms in total. The Kier molecular flexibility index (Phi) is 4.78. The minimum atomic E-state index is -1.09. The van der Waals surface area contributed by atoms with Gasteiger partial charge in [0.25, 0.3) is 11.8 Å². The Labute approximate surface area is 164 Å². The van der Waals surface area contributed by atoms with E-state index >= 15 is 0 Å². The smallest absolute Gasteiger partial charge is 0.293 e. The summed E-state index contributed by atoms with van der Waals surface area (Å²) in [5, 5.41) is 5.69. The van der Waals surface area contributed by atoms with Crippen LogP contribution in [0.3, 0.4) is 0 Å². The van der Waals surface area contributed by atoms with Gasteiger partial charge in [-0.3, -0.25) is 9.59 Å². The summed E-state index contributed by atoms with van der Waals surface area (Å²) >= 11 is 0. The molecule has 0 aliphatic heterocycles. The first kappa shape index (κ1) is 18.4. The molecule has 144 valence electrons. The van der Waals surface area contributed by atoms with Crippen molar-refractivity contribution in [3.05, 3.63) is 95.8 Å². The molecule has 29 heavy (non-hydrogen) atoms. The maximum absolute atomic E-state index is 13.4. The molecule has 2 amide bonds. The van der Waals surface area contributed by atoms with Crippen LogP contribution in [-0.4, -0.2) is 11.8 Å². The van der Waals surface area contributed by atoms with Crippen LogP contribution in [-0.2, 0) is 0 Å². The summed E-state index contributed by atoms with van der Waals surface area (Å²) in [5.74, 6) is -3.40. The Morgan fingerprint density at radius 3 is 2.24 bits per heavy atom. The van der Waals surface area contributed by atoms with Crippen LogP contribution in [0.15, 0.2) is 77.2 Å². The second-order valence-corrected chi connectivity index (χ2v) is 6.21. The van der Waals surface area contributed by atoms with Gasteiger partial charge in [0.1, 0.15) is 11.3 Å². The second kappa shape index (κ2) is 7.55. The van der Waals surface area contributed by atoms with E-state index in [0.29, 0.717) is 16.5 Å². The molecule has 0 fully saturated rings. The van der Waals surface area contributed by atoms with Crippen LogP contribution in [0.25, 0.3) is 11.0 Å². The number of fused-ring (bicyclic) bond motifs is 1. The second-order valence-electron chi connectivity index (χ2n) is 6.21. The van der Waals surface area contributed by atoms with Gasteiger partial charge >= 0.3 is 0 Å². The van der Waals surface area contributed by atoms with Crippen LogP contribution in [0, 0.1) is 11.6 Å². The SMILES string of the molecule is O=C(Nc1c(C(=O)Nc2ccc(F)c(F)c2)oc2ccccc12)c1ccccc1. The zero-order valence-corrected chi connectivity index (χ0v) is 14.9. The predicted molar refractivity (Wildman–Crippen MR) is 105 cm³/mol. The molecule has 0 saturated heterocycles. The van der Waals surface area contributed by atoms with Crippen molar-refractivity contribution in [1.82, 2.24) is 0 Å². The third kappa shape index (κ3) is 3.70. The van der Waals surface area contributed by atoms with Crippen molar-refractivity contribution < 1.29 is 22.8 Å². The number of nitrogens with one attached hydrogen (secondary N) is 2. The maximum Gasteiger partial charge on any atom is 0.293 e. The molecule has 1 heterocycles.